The molecule has 2 aromatic heterocycles. The number of amides is 1. The number of ketones is 1. The Morgan fingerprint density at radius 2 is 1.87 bits per heavy atom. The van der Waals surface area contributed by atoms with Crippen molar-refractivity contribution in [1.29, 1.82) is 0 Å². The summed E-state index contributed by atoms with van der Waals surface area (Å²) in [6, 6.07) is 8.61. The Morgan fingerprint density at radius 3 is 2.58 bits per heavy atom. The van der Waals surface area contributed by atoms with E-state index in [1.165, 1.54) is 13.8 Å². The molecule has 0 spiro atoms. The molecular weight excluding hydrogens is 396 g/mol. The van der Waals surface area contributed by atoms with Crippen LogP contribution in [0.1, 0.15) is 53.3 Å². The Hall–Kier alpha value is -3.55. The van der Waals surface area contributed by atoms with Crippen molar-refractivity contribution in [1.82, 2.24) is 14.6 Å². The normalized spacial score (nSPS) is 11.9. The zero-order chi connectivity index (χ0) is 22.7. The summed E-state index contributed by atoms with van der Waals surface area (Å²) in [7, 11) is 0. The fraction of sp³-hybridized carbons (Fsp3) is 0.348. The number of nitrogens with one attached hydrogen (secondary N) is 1. The van der Waals surface area contributed by atoms with E-state index in [-0.39, 0.29) is 12.2 Å². The van der Waals surface area contributed by atoms with Crippen LogP contribution in [0, 0.1) is 20.8 Å². The van der Waals surface area contributed by atoms with Crippen molar-refractivity contribution in [2.24, 2.45) is 0 Å². The van der Waals surface area contributed by atoms with E-state index in [1.54, 1.807) is 28.8 Å². The van der Waals surface area contributed by atoms with Gasteiger partial charge in [-0.3, -0.25) is 14.4 Å². The number of hydrogen-bond acceptors (Lipinski definition) is 6. The summed E-state index contributed by atoms with van der Waals surface area (Å²) in [4.78, 5) is 41.0. The number of nitrogens with zero attached hydrogens (tertiary/aromatic N) is 3. The number of aryl methyl sites for hydroxylation is 3. The quantitative estimate of drug-likeness (QED) is 0.463. The lowest BCUT2D eigenvalue weighted by atomic mass is 10.1. The molecule has 1 aromatic carbocycles. The number of esters is 1. The molecule has 0 saturated carbocycles. The number of carbonyl (C=O) groups is 3. The molecule has 8 nitrogen and oxygen atoms in total. The van der Waals surface area contributed by atoms with Gasteiger partial charge in [-0.2, -0.15) is 5.10 Å². The van der Waals surface area contributed by atoms with Crippen molar-refractivity contribution in [2.75, 3.05) is 5.32 Å². The molecule has 0 radical (unpaired) electrons. The van der Waals surface area contributed by atoms with Crippen molar-refractivity contribution < 1.29 is 19.1 Å². The van der Waals surface area contributed by atoms with Crippen molar-refractivity contribution in [3.8, 4) is 0 Å². The number of hydrogen-bond donors (Lipinski definition) is 1. The van der Waals surface area contributed by atoms with Crippen LogP contribution < -0.4 is 5.32 Å². The third-order valence-electron chi connectivity index (χ3n) is 5.11. The molecule has 162 valence electrons. The SMILES string of the molecule is CC(=O)c1ccccc1NC(=O)[C@@H](C)OC(=O)CCc1c(C)nc2cc(C)nn2c1C. The highest BCUT2D eigenvalue weighted by molar-refractivity contribution is 6.04. The lowest BCUT2D eigenvalue weighted by Gasteiger charge is -2.15. The van der Waals surface area contributed by atoms with Gasteiger partial charge >= 0.3 is 5.97 Å². The molecule has 8 heteroatoms. The molecule has 0 aliphatic carbocycles. The zero-order valence-electron chi connectivity index (χ0n) is 18.4. The number of fused-ring (bicyclic) bond motifs is 1. The first kappa shape index (κ1) is 22.1. The highest BCUT2D eigenvalue weighted by Gasteiger charge is 2.20. The fourth-order valence-electron chi connectivity index (χ4n) is 3.47. The van der Waals surface area contributed by atoms with Crippen LogP contribution in [0.15, 0.2) is 30.3 Å². The predicted octanol–water partition coefficient (Wildman–Crippen LogP) is 3.36. The van der Waals surface area contributed by atoms with Crippen LogP contribution in [-0.4, -0.2) is 38.4 Å². The van der Waals surface area contributed by atoms with Crippen molar-refractivity contribution >= 4 is 29.0 Å². The number of ether oxygens (including phenoxy) is 1. The lowest BCUT2D eigenvalue weighted by Crippen LogP contribution is -2.30. The summed E-state index contributed by atoms with van der Waals surface area (Å²) < 4.78 is 7.07. The van der Waals surface area contributed by atoms with Gasteiger partial charge in [-0.25, -0.2) is 9.50 Å². The summed E-state index contributed by atoms with van der Waals surface area (Å²) in [6.45, 7) is 8.67. The average molecular weight is 422 g/mol. The van der Waals surface area contributed by atoms with Gasteiger partial charge in [0.1, 0.15) is 0 Å². The molecule has 0 aliphatic heterocycles. The Kier molecular flexibility index (Phi) is 6.48. The van der Waals surface area contributed by atoms with Crippen molar-refractivity contribution in [3.63, 3.8) is 0 Å². The van der Waals surface area contributed by atoms with Gasteiger partial charge in [0, 0.05) is 29.4 Å². The molecule has 0 saturated heterocycles. The van der Waals surface area contributed by atoms with Gasteiger partial charge in [0.05, 0.1) is 11.4 Å². The summed E-state index contributed by atoms with van der Waals surface area (Å²) >= 11 is 0. The van der Waals surface area contributed by atoms with Crippen LogP contribution in [0.5, 0.6) is 0 Å². The summed E-state index contributed by atoms with van der Waals surface area (Å²) in [5.74, 6) is -1.15. The van der Waals surface area contributed by atoms with Gasteiger partial charge in [-0.1, -0.05) is 12.1 Å². The van der Waals surface area contributed by atoms with Crippen molar-refractivity contribution in [3.05, 3.63) is 58.5 Å². The smallest absolute Gasteiger partial charge is 0.306 e. The van der Waals surface area contributed by atoms with E-state index in [9.17, 15) is 14.4 Å². The zero-order valence-corrected chi connectivity index (χ0v) is 18.4. The predicted molar refractivity (Wildman–Crippen MR) is 116 cm³/mol. The molecule has 2 heterocycles. The van der Waals surface area contributed by atoms with Gasteiger partial charge in [0.2, 0.25) is 0 Å². The molecule has 0 fully saturated rings. The monoisotopic (exact) mass is 422 g/mol. The molecule has 0 unspecified atom stereocenters. The Morgan fingerprint density at radius 1 is 1.16 bits per heavy atom. The van der Waals surface area contributed by atoms with Gasteiger partial charge in [-0.05, 0) is 58.7 Å². The third kappa shape index (κ3) is 4.96. The number of anilines is 1. The standard InChI is InChI=1S/C23H26N4O4/c1-13-12-21-24-14(2)18(15(3)27(21)26-13)10-11-22(29)31-17(5)23(30)25-20-9-7-6-8-19(20)16(4)28/h6-9,12,17H,10-11H2,1-5H3,(H,25,30)/t17-/m1/s1. The highest BCUT2D eigenvalue weighted by Crippen LogP contribution is 2.18. The van der Waals surface area contributed by atoms with Gasteiger partial charge in [0.25, 0.3) is 5.91 Å². The fourth-order valence-corrected chi connectivity index (χ4v) is 3.47. The summed E-state index contributed by atoms with van der Waals surface area (Å²) in [6.07, 6.45) is -0.458. The largest absolute Gasteiger partial charge is 0.453 e. The van der Waals surface area contributed by atoms with E-state index in [1.807, 2.05) is 26.8 Å². The summed E-state index contributed by atoms with van der Waals surface area (Å²) in [5.41, 5.74) is 5.13. The number of benzene rings is 1. The van der Waals surface area contributed by atoms with E-state index >= 15 is 0 Å². The number of carbonyl (C=O) groups excluding carboxylic acids is 3. The second-order valence-corrected chi connectivity index (χ2v) is 7.54. The minimum absolute atomic E-state index is 0.108. The molecule has 1 N–H and O–H groups in total. The van der Waals surface area contributed by atoms with Crippen LogP contribution in [0.2, 0.25) is 0 Å². The minimum atomic E-state index is -0.996. The molecular formula is C23H26N4O4. The molecule has 1 amide bonds. The van der Waals surface area contributed by atoms with E-state index in [4.69, 9.17) is 4.74 Å². The van der Waals surface area contributed by atoms with Gasteiger partial charge in [-0.15, -0.1) is 0 Å². The van der Waals surface area contributed by atoms with E-state index < -0.39 is 18.0 Å². The van der Waals surface area contributed by atoms with Crippen molar-refractivity contribution in [2.45, 2.75) is 53.6 Å². The average Bonchev–Trinajstić information content (AvgIpc) is 3.08. The number of para-hydroxylation sites is 1. The highest BCUT2D eigenvalue weighted by atomic mass is 16.5. The second-order valence-electron chi connectivity index (χ2n) is 7.54. The first-order valence-corrected chi connectivity index (χ1v) is 10.1. The third-order valence-corrected chi connectivity index (χ3v) is 5.11. The summed E-state index contributed by atoms with van der Waals surface area (Å²) in [5, 5.41) is 7.09. The maximum Gasteiger partial charge on any atom is 0.306 e. The second kappa shape index (κ2) is 9.07. The van der Waals surface area contributed by atoms with Gasteiger partial charge in [0.15, 0.2) is 17.5 Å². The van der Waals surface area contributed by atoms with E-state index in [2.05, 4.69) is 15.4 Å². The van der Waals surface area contributed by atoms with Gasteiger partial charge < -0.3 is 10.1 Å². The number of rotatable bonds is 7. The first-order valence-electron chi connectivity index (χ1n) is 10.1. The van der Waals surface area contributed by atoms with Crippen LogP contribution in [-0.2, 0) is 20.7 Å². The maximum atomic E-state index is 12.4. The topological polar surface area (TPSA) is 103 Å². The number of aromatic nitrogens is 3. The number of Topliss-reactive ketones (excluding diaryl/α,β-unsaturated/α-hetero) is 1. The molecule has 3 aromatic rings. The molecule has 31 heavy (non-hydrogen) atoms. The van der Waals surface area contributed by atoms with Crippen LogP contribution in [0.3, 0.4) is 0 Å². The Bertz CT molecular complexity index is 1170. The van der Waals surface area contributed by atoms with E-state index in [0.717, 1.165) is 28.3 Å². The van der Waals surface area contributed by atoms with Crippen LogP contribution in [0.25, 0.3) is 5.65 Å². The Labute approximate surface area is 180 Å². The molecule has 0 bridgehead atoms. The Balaban J connectivity index is 1.62. The lowest BCUT2D eigenvalue weighted by molar-refractivity contribution is -0.153. The molecule has 0 aliphatic rings. The van der Waals surface area contributed by atoms with Crippen LogP contribution in [0.4, 0.5) is 5.69 Å². The minimum Gasteiger partial charge on any atom is -0.453 e. The maximum absolute atomic E-state index is 12.4. The van der Waals surface area contributed by atoms with Crippen LogP contribution >= 0.6 is 0 Å². The first-order chi connectivity index (χ1) is 14.7. The van der Waals surface area contributed by atoms with E-state index in [0.29, 0.717) is 17.7 Å². The molecule has 3 rings (SSSR count). The molecule has 1 atom stereocenters.